The number of hydrogen-bond acceptors (Lipinski definition) is 6. The number of benzene rings is 2. The van der Waals surface area contributed by atoms with Crippen molar-refractivity contribution in [2.45, 2.75) is 5.92 Å². The minimum atomic E-state index is -0.619. The standard InChI is InChI=1S/C16H14O6/c1-21-12-6-11-13(16(20)15(12)19)14(18)10(7-22-11)8-2-4-9(17)5-3-8/h2-6,10,17,19-20H,7H2,1H3. The highest BCUT2D eigenvalue weighted by Gasteiger charge is 2.35. The number of Topliss-reactive ketones (excluding diaryl/α,β-unsaturated/α-hetero) is 1. The summed E-state index contributed by atoms with van der Waals surface area (Å²) >= 11 is 0. The lowest BCUT2D eigenvalue weighted by Gasteiger charge is -2.25. The Morgan fingerprint density at radius 2 is 1.82 bits per heavy atom. The number of ether oxygens (including phenoxy) is 2. The molecular weight excluding hydrogens is 288 g/mol. The van der Waals surface area contributed by atoms with E-state index in [0.717, 1.165) is 0 Å². The molecule has 22 heavy (non-hydrogen) atoms. The zero-order valence-corrected chi connectivity index (χ0v) is 11.7. The first-order valence-corrected chi connectivity index (χ1v) is 6.61. The summed E-state index contributed by atoms with van der Waals surface area (Å²) in [6, 6.07) is 7.56. The Balaban J connectivity index is 2.06. The van der Waals surface area contributed by atoms with Gasteiger partial charge in [-0.05, 0) is 17.7 Å². The second-order valence-corrected chi connectivity index (χ2v) is 4.97. The molecule has 6 heteroatoms. The van der Waals surface area contributed by atoms with E-state index in [0.29, 0.717) is 5.56 Å². The monoisotopic (exact) mass is 302 g/mol. The van der Waals surface area contributed by atoms with Crippen molar-refractivity contribution in [3.63, 3.8) is 0 Å². The molecule has 2 aromatic carbocycles. The van der Waals surface area contributed by atoms with Crippen LogP contribution in [0.2, 0.25) is 0 Å². The lowest BCUT2D eigenvalue weighted by Crippen LogP contribution is -2.26. The van der Waals surface area contributed by atoms with Crippen LogP contribution in [0.15, 0.2) is 30.3 Å². The maximum Gasteiger partial charge on any atom is 0.201 e. The molecule has 0 bridgehead atoms. The molecule has 0 amide bonds. The van der Waals surface area contributed by atoms with E-state index in [2.05, 4.69) is 0 Å². The van der Waals surface area contributed by atoms with E-state index >= 15 is 0 Å². The summed E-state index contributed by atoms with van der Waals surface area (Å²) in [6.45, 7) is 0.101. The molecule has 0 saturated carbocycles. The van der Waals surface area contributed by atoms with Gasteiger partial charge in [-0.2, -0.15) is 0 Å². The molecule has 2 aromatic rings. The first-order chi connectivity index (χ1) is 10.5. The Kier molecular flexibility index (Phi) is 3.29. The summed E-state index contributed by atoms with van der Waals surface area (Å²) in [6.07, 6.45) is 0. The fourth-order valence-corrected chi connectivity index (χ4v) is 2.50. The summed E-state index contributed by atoms with van der Waals surface area (Å²) in [5.74, 6) is -1.72. The van der Waals surface area contributed by atoms with Gasteiger partial charge in [-0.3, -0.25) is 4.79 Å². The smallest absolute Gasteiger partial charge is 0.201 e. The second-order valence-electron chi connectivity index (χ2n) is 4.97. The van der Waals surface area contributed by atoms with Crippen molar-refractivity contribution in [1.29, 1.82) is 0 Å². The fraction of sp³-hybridized carbons (Fsp3) is 0.188. The van der Waals surface area contributed by atoms with Crippen molar-refractivity contribution >= 4 is 5.78 Å². The first kappa shape index (κ1) is 14.1. The van der Waals surface area contributed by atoms with Crippen LogP contribution in [0, 0.1) is 0 Å². The Labute approximate surface area is 126 Å². The molecule has 1 atom stereocenters. The molecule has 0 aliphatic carbocycles. The van der Waals surface area contributed by atoms with Gasteiger partial charge >= 0.3 is 0 Å². The number of aromatic hydroxyl groups is 3. The van der Waals surface area contributed by atoms with Gasteiger partial charge in [0.15, 0.2) is 17.3 Å². The van der Waals surface area contributed by atoms with Crippen LogP contribution in [0.1, 0.15) is 21.8 Å². The van der Waals surface area contributed by atoms with Gasteiger partial charge in [0.2, 0.25) is 5.75 Å². The lowest BCUT2D eigenvalue weighted by atomic mass is 9.88. The minimum Gasteiger partial charge on any atom is -0.508 e. The predicted octanol–water partition coefficient (Wildman–Crippen LogP) is 2.17. The second kappa shape index (κ2) is 5.14. The molecule has 0 saturated heterocycles. The molecule has 0 fully saturated rings. The van der Waals surface area contributed by atoms with Gasteiger partial charge in [-0.15, -0.1) is 0 Å². The van der Waals surface area contributed by atoms with Crippen LogP contribution in [-0.4, -0.2) is 34.8 Å². The van der Waals surface area contributed by atoms with Gasteiger partial charge in [0.25, 0.3) is 0 Å². The van der Waals surface area contributed by atoms with E-state index in [1.54, 1.807) is 12.1 Å². The van der Waals surface area contributed by atoms with Crippen molar-refractivity contribution < 1.29 is 29.6 Å². The number of phenolic OH excluding ortho intramolecular Hbond substituents is 3. The SMILES string of the molecule is COc1cc2c(c(O)c1O)C(=O)C(c1ccc(O)cc1)CO2. The summed E-state index contributed by atoms with van der Waals surface area (Å²) < 4.78 is 10.5. The molecule has 1 aliphatic rings. The molecular formula is C16H14O6. The molecule has 0 radical (unpaired) electrons. The number of carbonyl (C=O) groups is 1. The highest BCUT2D eigenvalue weighted by atomic mass is 16.5. The summed E-state index contributed by atoms with van der Waals surface area (Å²) in [4.78, 5) is 12.6. The molecule has 0 spiro atoms. The zero-order chi connectivity index (χ0) is 15.9. The molecule has 1 heterocycles. The van der Waals surface area contributed by atoms with E-state index < -0.39 is 17.4 Å². The third-order valence-electron chi connectivity index (χ3n) is 3.69. The van der Waals surface area contributed by atoms with Crippen LogP contribution in [0.25, 0.3) is 0 Å². The summed E-state index contributed by atoms with van der Waals surface area (Å²) in [5, 5.41) is 29.2. The van der Waals surface area contributed by atoms with E-state index in [9.17, 15) is 20.1 Å². The third-order valence-corrected chi connectivity index (χ3v) is 3.69. The number of phenols is 3. The Hall–Kier alpha value is -2.89. The van der Waals surface area contributed by atoms with E-state index in [4.69, 9.17) is 9.47 Å². The van der Waals surface area contributed by atoms with Gasteiger partial charge < -0.3 is 24.8 Å². The molecule has 3 N–H and O–H groups in total. The largest absolute Gasteiger partial charge is 0.508 e. The Morgan fingerprint density at radius 1 is 1.14 bits per heavy atom. The Morgan fingerprint density at radius 3 is 2.45 bits per heavy atom. The lowest BCUT2D eigenvalue weighted by molar-refractivity contribution is 0.0890. The number of hydrogen-bond donors (Lipinski definition) is 3. The van der Waals surface area contributed by atoms with Crippen LogP contribution >= 0.6 is 0 Å². The number of ketones is 1. The van der Waals surface area contributed by atoms with Crippen LogP contribution in [0.3, 0.4) is 0 Å². The highest BCUT2D eigenvalue weighted by molar-refractivity contribution is 6.07. The van der Waals surface area contributed by atoms with Crippen LogP contribution < -0.4 is 9.47 Å². The number of carbonyl (C=O) groups excluding carboxylic acids is 1. The van der Waals surface area contributed by atoms with E-state index in [-0.39, 0.29) is 35.2 Å². The molecule has 3 rings (SSSR count). The third kappa shape index (κ3) is 2.09. The fourth-order valence-electron chi connectivity index (χ4n) is 2.50. The maximum atomic E-state index is 12.6. The summed E-state index contributed by atoms with van der Waals surface area (Å²) in [7, 11) is 1.34. The zero-order valence-electron chi connectivity index (χ0n) is 11.7. The van der Waals surface area contributed by atoms with Gasteiger partial charge in [0.05, 0.1) is 13.0 Å². The average molecular weight is 302 g/mol. The van der Waals surface area contributed by atoms with Crippen molar-refractivity contribution in [2.75, 3.05) is 13.7 Å². The quantitative estimate of drug-likeness (QED) is 0.736. The topological polar surface area (TPSA) is 96.2 Å². The van der Waals surface area contributed by atoms with Crippen molar-refractivity contribution in [3.8, 4) is 28.7 Å². The van der Waals surface area contributed by atoms with Gasteiger partial charge in [-0.25, -0.2) is 0 Å². The van der Waals surface area contributed by atoms with Crippen LogP contribution in [0.5, 0.6) is 28.7 Å². The van der Waals surface area contributed by atoms with Crippen molar-refractivity contribution in [2.24, 2.45) is 0 Å². The number of rotatable bonds is 2. The highest BCUT2D eigenvalue weighted by Crippen LogP contribution is 2.47. The van der Waals surface area contributed by atoms with Crippen molar-refractivity contribution in [1.82, 2.24) is 0 Å². The van der Waals surface area contributed by atoms with E-state index in [1.165, 1.54) is 25.3 Å². The normalized spacial score (nSPS) is 16.8. The molecule has 1 unspecified atom stereocenters. The van der Waals surface area contributed by atoms with Gasteiger partial charge in [0.1, 0.15) is 23.7 Å². The molecule has 6 nitrogen and oxygen atoms in total. The van der Waals surface area contributed by atoms with Gasteiger partial charge in [0, 0.05) is 6.07 Å². The van der Waals surface area contributed by atoms with Crippen molar-refractivity contribution in [3.05, 3.63) is 41.5 Å². The minimum absolute atomic E-state index is 0.0344. The summed E-state index contributed by atoms with van der Waals surface area (Å²) in [5.41, 5.74) is 0.589. The maximum absolute atomic E-state index is 12.6. The number of fused-ring (bicyclic) bond motifs is 1. The number of methoxy groups -OCH3 is 1. The van der Waals surface area contributed by atoms with Crippen LogP contribution in [-0.2, 0) is 0 Å². The first-order valence-electron chi connectivity index (χ1n) is 6.61. The molecule has 1 aliphatic heterocycles. The predicted molar refractivity (Wildman–Crippen MR) is 77.0 cm³/mol. The van der Waals surface area contributed by atoms with Crippen LogP contribution in [0.4, 0.5) is 0 Å². The van der Waals surface area contributed by atoms with E-state index in [1.807, 2.05) is 0 Å². The Bertz CT molecular complexity index is 735. The molecule has 0 aromatic heterocycles. The molecule has 114 valence electrons. The van der Waals surface area contributed by atoms with Gasteiger partial charge in [-0.1, -0.05) is 12.1 Å². The average Bonchev–Trinajstić information content (AvgIpc) is 2.52.